The van der Waals surface area contributed by atoms with Crippen LogP contribution in [0.15, 0.2) is 54.9 Å². The Labute approximate surface area is 177 Å². The van der Waals surface area contributed by atoms with Crippen LogP contribution < -0.4 is 10.2 Å². The third kappa shape index (κ3) is 4.93. The quantitative estimate of drug-likeness (QED) is 0.627. The van der Waals surface area contributed by atoms with Gasteiger partial charge in [0.2, 0.25) is 0 Å². The minimum absolute atomic E-state index is 0.308. The normalized spacial score (nSPS) is 16.3. The molecule has 4 rings (SSSR count). The summed E-state index contributed by atoms with van der Waals surface area (Å²) in [6, 6.07) is 14.2. The van der Waals surface area contributed by atoms with E-state index in [1.807, 2.05) is 18.2 Å². The van der Waals surface area contributed by atoms with Crippen LogP contribution in [-0.2, 0) is 0 Å². The Morgan fingerprint density at radius 2 is 1.97 bits per heavy atom. The fraction of sp³-hybridized carbons (Fsp3) is 0.348. The number of aliphatic hydroxyl groups is 1. The second-order valence-electron chi connectivity index (χ2n) is 7.87. The Morgan fingerprint density at radius 1 is 1.13 bits per heavy atom. The first-order valence-electron chi connectivity index (χ1n) is 10.3. The number of likely N-dealkylation sites (N-methyl/N-ethyl adjacent to an activating group) is 1. The molecule has 3 heterocycles. The SMILES string of the molecule is CN(C)CCNc1ccc(-c2cc(N3CC[C@H](O)C3)nc(-c3cccnc3)n2)cc1. The predicted molar refractivity (Wildman–Crippen MR) is 121 cm³/mol. The molecule has 0 amide bonds. The van der Waals surface area contributed by atoms with E-state index in [-0.39, 0.29) is 6.10 Å². The lowest BCUT2D eigenvalue weighted by atomic mass is 10.1. The molecule has 3 aromatic rings. The van der Waals surface area contributed by atoms with Crippen LogP contribution in [0.3, 0.4) is 0 Å². The summed E-state index contributed by atoms with van der Waals surface area (Å²) in [5.41, 5.74) is 3.86. The number of pyridine rings is 1. The summed E-state index contributed by atoms with van der Waals surface area (Å²) >= 11 is 0. The molecule has 0 radical (unpaired) electrons. The lowest BCUT2D eigenvalue weighted by Crippen LogP contribution is -2.22. The van der Waals surface area contributed by atoms with Crippen molar-refractivity contribution in [3.8, 4) is 22.6 Å². The number of rotatable bonds is 7. The highest BCUT2D eigenvalue weighted by Crippen LogP contribution is 2.28. The Bertz CT molecular complexity index is 961. The van der Waals surface area contributed by atoms with Gasteiger partial charge in [-0.3, -0.25) is 4.98 Å². The molecular formula is C23H28N6O. The van der Waals surface area contributed by atoms with E-state index in [0.29, 0.717) is 12.4 Å². The van der Waals surface area contributed by atoms with E-state index in [0.717, 1.165) is 54.4 Å². The zero-order valence-corrected chi connectivity index (χ0v) is 17.5. The van der Waals surface area contributed by atoms with Crippen molar-refractivity contribution in [2.24, 2.45) is 0 Å². The highest BCUT2D eigenvalue weighted by atomic mass is 16.3. The summed E-state index contributed by atoms with van der Waals surface area (Å²) < 4.78 is 0. The monoisotopic (exact) mass is 404 g/mol. The van der Waals surface area contributed by atoms with Gasteiger partial charge in [0.15, 0.2) is 5.82 Å². The molecule has 0 aliphatic carbocycles. The second kappa shape index (κ2) is 9.19. The average Bonchev–Trinajstić information content (AvgIpc) is 3.21. The molecule has 1 aromatic carbocycles. The summed E-state index contributed by atoms with van der Waals surface area (Å²) in [5, 5.41) is 13.4. The number of anilines is 2. The number of aliphatic hydroxyl groups excluding tert-OH is 1. The molecule has 0 bridgehead atoms. The van der Waals surface area contributed by atoms with Gasteiger partial charge in [-0.1, -0.05) is 12.1 Å². The third-order valence-electron chi connectivity index (χ3n) is 5.19. The van der Waals surface area contributed by atoms with E-state index in [4.69, 9.17) is 9.97 Å². The first-order valence-corrected chi connectivity index (χ1v) is 10.3. The first kappa shape index (κ1) is 20.3. The van der Waals surface area contributed by atoms with Crippen LogP contribution in [0.5, 0.6) is 0 Å². The summed E-state index contributed by atoms with van der Waals surface area (Å²) in [5.74, 6) is 1.48. The molecule has 1 aliphatic heterocycles. The van der Waals surface area contributed by atoms with Gasteiger partial charge in [-0.15, -0.1) is 0 Å². The summed E-state index contributed by atoms with van der Waals surface area (Å²) in [4.78, 5) is 18.1. The number of nitrogens with zero attached hydrogens (tertiary/aromatic N) is 5. The fourth-order valence-corrected chi connectivity index (χ4v) is 3.50. The molecule has 1 aliphatic rings. The molecule has 30 heavy (non-hydrogen) atoms. The van der Waals surface area contributed by atoms with Gasteiger partial charge in [-0.25, -0.2) is 9.97 Å². The van der Waals surface area contributed by atoms with Crippen LogP contribution in [0.25, 0.3) is 22.6 Å². The highest BCUT2D eigenvalue weighted by Gasteiger charge is 2.23. The molecule has 7 nitrogen and oxygen atoms in total. The van der Waals surface area contributed by atoms with Gasteiger partial charge in [0, 0.05) is 61.5 Å². The van der Waals surface area contributed by atoms with E-state index in [2.05, 4.69) is 58.5 Å². The Morgan fingerprint density at radius 3 is 2.63 bits per heavy atom. The number of nitrogens with one attached hydrogen (secondary N) is 1. The number of benzene rings is 1. The van der Waals surface area contributed by atoms with Crippen molar-refractivity contribution in [3.05, 3.63) is 54.9 Å². The molecule has 2 aromatic heterocycles. The standard InChI is InChI=1S/C23H28N6O/c1-28(2)13-11-25-19-7-5-17(6-8-19)21-14-22(29-12-9-20(30)16-29)27-23(26-21)18-4-3-10-24-15-18/h3-8,10,14-15,20,25,30H,9,11-13,16H2,1-2H3/t20-/m0/s1. The molecule has 2 N–H and O–H groups in total. The zero-order chi connectivity index (χ0) is 20.9. The van der Waals surface area contributed by atoms with Crippen LogP contribution >= 0.6 is 0 Å². The van der Waals surface area contributed by atoms with Crippen LogP contribution in [0.4, 0.5) is 11.5 Å². The van der Waals surface area contributed by atoms with Crippen LogP contribution in [-0.4, -0.2) is 71.3 Å². The minimum Gasteiger partial charge on any atom is -0.391 e. The summed E-state index contributed by atoms with van der Waals surface area (Å²) in [7, 11) is 4.13. The first-order chi connectivity index (χ1) is 14.6. The largest absolute Gasteiger partial charge is 0.391 e. The Hall–Kier alpha value is -3.03. The van der Waals surface area contributed by atoms with E-state index >= 15 is 0 Å². The molecule has 0 spiro atoms. The van der Waals surface area contributed by atoms with Crippen molar-refractivity contribution in [3.63, 3.8) is 0 Å². The molecule has 1 saturated heterocycles. The Kier molecular flexibility index (Phi) is 6.21. The predicted octanol–water partition coefficient (Wildman–Crippen LogP) is 2.75. The molecule has 1 atom stereocenters. The van der Waals surface area contributed by atoms with E-state index in [1.54, 1.807) is 12.4 Å². The molecule has 7 heteroatoms. The van der Waals surface area contributed by atoms with Gasteiger partial charge in [0.1, 0.15) is 5.82 Å². The smallest absolute Gasteiger partial charge is 0.163 e. The van der Waals surface area contributed by atoms with Crippen molar-refractivity contribution in [1.29, 1.82) is 0 Å². The van der Waals surface area contributed by atoms with Gasteiger partial charge < -0.3 is 20.2 Å². The van der Waals surface area contributed by atoms with Gasteiger partial charge in [0.05, 0.1) is 11.8 Å². The van der Waals surface area contributed by atoms with Gasteiger partial charge in [-0.05, 0) is 44.8 Å². The summed E-state index contributed by atoms with van der Waals surface area (Å²) in [6.45, 7) is 3.26. The lowest BCUT2D eigenvalue weighted by Gasteiger charge is -2.18. The number of aromatic nitrogens is 3. The van der Waals surface area contributed by atoms with Crippen LogP contribution in [0.2, 0.25) is 0 Å². The maximum absolute atomic E-state index is 9.96. The molecule has 0 unspecified atom stereocenters. The number of hydrogen-bond acceptors (Lipinski definition) is 7. The maximum atomic E-state index is 9.96. The van der Waals surface area contributed by atoms with Crippen molar-refractivity contribution < 1.29 is 5.11 Å². The van der Waals surface area contributed by atoms with E-state index < -0.39 is 0 Å². The lowest BCUT2D eigenvalue weighted by molar-refractivity contribution is 0.198. The van der Waals surface area contributed by atoms with Crippen molar-refractivity contribution in [2.45, 2.75) is 12.5 Å². The maximum Gasteiger partial charge on any atom is 0.163 e. The van der Waals surface area contributed by atoms with Gasteiger partial charge in [-0.2, -0.15) is 0 Å². The average molecular weight is 405 g/mol. The van der Waals surface area contributed by atoms with E-state index in [9.17, 15) is 5.11 Å². The van der Waals surface area contributed by atoms with Crippen molar-refractivity contribution >= 4 is 11.5 Å². The zero-order valence-electron chi connectivity index (χ0n) is 17.5. The molecule has 0 saturated carbocycles. The molecule has 156 valence electrons. The highest BCUT2D eigenvalue weighted by molar-refractivity contribution is 5.69. The van der Waals surface area contributed by atoms with E-state index in [1.165, 1.54) is 0 Å². The van der Waals surface area contributed by atoms with Crippen LogP contribution in [0, 0.1) is 0 Å². The number of β-amino-alcohol motifs (C(OH)–C–C–N with tert-alkyl or cyclic N) is 1. The summed E-state index contributed by atoms with van der Waals surface area (Å²) in [6.07, 6.45) is 3.97. The molecular weight excluding hydrogens is 376 g/mol. The Balaban J connectivity index is 1.63. The fourth-order valence-electron chi connectivity index (χ4n) is 3.50. The van der Waals surface area contributed by atoms with Crippen LogP contribution in [0.1, 0.15) is 6.42 Å². The van der Waals surface area contributed by atoms with Gasteiger partial charge >= 0.3 is 0 Å². The van der Waals surface area contributed by atoms with Crippen molar-refractivity contribution in [1.82, 2.24) is 19.9 Å². The third-order valence-corrected chi connectivity index (χ3v) is 5.19. The minimum atomic E-state index is -0.308. The molecule has 1 fully saturated rings. The number of hydrogen-bond donors (Lipinski definition) is 2. The topological polar surface area (TPSA) is 77.4 Å². The second-order valence-corrected chi connectivity index (χ2v) is 7.87. The van der Waals surface area contributed by atoms with Gasteiger partial charge in [0.25, 0.3) is 0 Å². The van der Waals surface area contributed by atoms with Crippen molar-refractivity contribution in [2.75, 3.05) is 50.5 Å².